The third-order valence-corrected chi connectivity index (χ3v) is 1.36. The summed E-state index contributed by atoms with van der Waals surface area (Å²) in [5.41, 5.74) is 0. The van der Waals surface area contributed by atoms with Crippen molar-refractivity contribution >= 4 is 5.96 Å². The Morgan fingerprint density at radius 2 is 1.50 bits per heavy atom. The summed E-state index contributed by atoms with van der Waals surface area (Å²) in [5.74, 6) is 0.760. The quantitative estimate of drug-likeness (QED) is 0.464. The average Bonchev–Trinajstić information content (AvgIpc) is 1.97. The first kappa shape index (κ1) is 13.2. The molecule has 0 aromatic heterocycles. The minimum atomic E-state index is -0.395. The predicted octanol–water partition coefficient (Wildman–Crippen LogP) is 0.719. The highest BCUT2D eigenvalue weighted by Gasteiger charge is 2.03. The largest absolute Gasteiger partial charge is 0.391 e. The van der Waals surface area contributed by atoms with Crippen LogP contribution in [0.25, 0.3) is 0 Å². The number of nitrogens with zero attached hydrogens (tertiary/aromatic N) is 1. The highest BCUT2D eigenvalue weighted by Crippen LogP contribution is 1.86. The number of aliphatic hydroxyl groups excluding tert-OH is 1. The zero-order valence-corrected chi connectivity index (χ0v) is 9.83. The lowest BCUT2D eigenvalue weighted by atomic mass is 10.4. The summed E-state index contributed by atoms with van der Waals surface area (Å²) in [6.45, 7) is 10.4. The van der Waals surface area contributed by atoms with Crippen molar-refractivity contribution in [2.75, 3.05) is 6.54 Å². The molecule has 3 N–H and O–H groups in total. The molecule has 0 bridgehead atoms. The minimum Gasteiger partial charge on any atom is -0.391 e. The second-order valence-electron chi connectivity index (χ2n) is 4.14. The van der Waals surface area contributed by atoms with Gasteiger partial charge in [-0.1, -0.05) is 0 Å². The lowest BCUT2D eigenvalue weighted by molar-refractivity contribution is 0.203. The molecule has 0 aliphatic rings. The first-order valence-corrected chi connectivity index (χ1v) is 5.17. The van der Waals surface area contributed by atoms with E-state index in [0.717, 1.165) is 5.96 Å². The van der Waals surface area contributed by atoms with E-state index in [2.05, 4.69) is 43.3 Å². The number of nitrogens with one attached hydrogen (secondary N) is 2. The van der Waals surface area contributed by atoms with Crippen LogP contribution in [-0.4, -0.2) is 35.8 Å². The number of aliphatic hydroxyl groups is 1. The fourth-order valence-corrected chi connectivity index (χ4v) is 0.903. The van der Waals surface area contributed by atoms with E-state index in [1.54, 1.807) is 6.92 Å². The Balaban J connectivity index is 4.15. The molecule has 0 aromatic rings. The van der Waals surface area contributed by atoms with Gasteiger partial charge in [-0.25, -0.2) is 0 Å². The van der Waals surface area contributed by atoms with Gasteiger partial charge in [0.2, 0.25) is 0 Å². The zero-order valence-electron chi connectivity index (χ0n) is 9.83. The van der Waals surface area contributed by atoms with Crippen LogP contribution in [0.1, 0.15) is 34.6 Å². The Kier molecular flexibility index (Phi) is 6.28. The lowest BCUT2D eigenvalue weighted by Crippen LogP contribution is -2.44. The predicted molar refractivity (Wildman–Crippen MR) is 60.5 cm³/mol. The van der Waals surface area contributed by atoms with E-state index in [1.807, 2.05) is 0 Å². The van der Waals surface area contributed by atoms with Crippen molar-refractivity contribution in [2.24, 2.45) is 4.99 Å². The molecule has 0 saturated heterocycles. The number of guanidine groups is 1. The summed E-state index contributed by atoms with van der Waals surface area (Å²) in [5, 5.41) is 15.5. The van der Waals surface area contributed by atoms with Crippen molar-refractivity contribution in [3.63, 3.8) is 0 Å². The van der Waals surface area contributed by atoms with Gasteiger partial charge in [-0.05, 0) is 34.6 Å². The maximum atomic E-state index is 9.11. The second-order valence-corrected chi connectivity index (χ2v) is 4.14. The number of hydrogen-bond acceptors (Lipinski definition) is 2. The smallest absolute Gasteiger partial charge is 0.191 e. The first-order valence-electron chi connectivity index (χ1n) is 5.17. The topological polar surface area (TPSA) is 56.7 Å². The molecule has 1 atom stereocenters. The Morgan fingerprint density at radius 1 is 1.07 bits per heavy atom. The molecule has 4 nitrogen and oxygen atoms in total. The van der Waals surface area contributed by atoms with Gasteiger partial charge in [0.05, 0.1) is 12.6 Å². The zero-order chi connectivity index (χ0) is 11.1. The monoisotopic (exact) mass is 201 g/mol. The molecular formula is C10H23N3O. The highest BCUT2D eigenvalue weighted by molar-refractivity contribution is 5.80. The van der Waals surface area contributed by atoms with Crippen LogP contribution in [0.4, 0.5) is 0 Å². The molecule has 4 heteroatoms. The van der Waals surface area contributed by atoms with Crippen LogP contribution in [-0.2, 0) is 0 Å². The molecule has 0 rings (SSSR count). The second kappa shape index (κ2) is 6.65. The summed E-state index contributed by atoms with van der Waals surface area (Å²) in [4.78, 5) is 4.25. The molecule has 0 radical (unpaired) electrons. The van der Waals surface area contributed by atoms with Gasteiger partial charge in [0.25, 0.3) is 0 Å². The van der Waals surface area contributed by atoms with Crippen LogP contribution in [0, 0.1) is 0 Å². The maximum absolute atomic E-state index is 9.11. The Labute approximate surface area is 86.8 Å². The molecule has 0 aromatic carbocycles. The van der Waals surface area contributed by atoms with Crippen molar-refractivity contribution in [1.82, 2.24) is 10.6 Å². The summed E-state index contributed by atoms with van der Waals surface area (Å²) in [6.07, 6.45) is -0.395. The van der Waals surface area contributed by atoms with Crippen LogP contribution in [0.3, 0.4) is 0 Å². The molecule has 0 saturated carbocycles. The average molecular weight is 201 g/mol. The van der Waals surface area contributed by atoms with Crippen molar-refractivity contribution < 1.29 is 5.11 Å². The van der Waals surface area contributed by atoms with Gasteiger partial charge in [-0.3, -0.25) is 4.99 Å². The van der Waals surface area contributed by atoms with E-state index in [1.165, 1.54) is 0 Å². The molecule has 0 amide bonds. The summed E-state index contributed by atoms with van der Waals surface area (Å²) < 4.78 is 0. The van der Waals surface area contributed by atoms with E-state index in [4.69, 9.17) is 5.11 Å². The van der Waals surface area contributed by atoms with Crippen molar-refractivity contribution in [2.45, 2.75) is 52.8 Å². The number of rotatable bonds is 4. The minimum absolute atomic E-state index is 0.342. The maximum Gasteiger partial charge on any atom is 0.191 e. The molecule has 14 heavy (non-hydrogen) atoms. The van der Waals surface area contributed by atoms with Crippen molar-refractivity contribution in [1.29, 1.82) is 0 Å². The van der Waals surface area contributed by atoms with E-state index in [9.17, 15) is 0 Å². The van der Waals surface area contributed by atoms with Crippen LogP contribution < -0.4 is 10.6 Å². The van der Waals surface area contributed by atoms with Crippen molar-refractivity contribution in [3.8, 4) is 0 Å². The number of aliphatic imine (C=N–C) groups is 1. The van der Waals surface area contributed by atoms with Gasteiger partial charge in [-0.15, -0.1) is 0 Å². The molecule has 1 unspecified atom stereocenters. The highest BCUT2D eigenvalue weighted by atomic mass is 16.3. The molecule has 84 valence electrons. The van der Waals surface area contributed by atoms with Crippen molar-refractivity contribution in [3.05, 3.63) is 0 Å². The SMILES string of the molecule is CC(O)CN=C(NC(C)C)NC(C)C. The van der Waals surface area contributed by atoms with Gasteiger partial charge < -0.3 is 15.7 Å². The van der Waals surface area contributed by atoms with Crippen LogP contribution in [0.5, 0.6) is 0 Å². The van der Waals surface area contributed by atoms with Gasteiger partial charge in [0.1, 0.15) is 0 Å². The van der Waals surface area contributed by atoms with Gasteiger partial charge >= 0.3 is 0 Å². The molecular weight excluding hydrogens is 178 g/mol. The van der Waals surface area contributed by atoms with Gasteiger partial charge in [0.15, 0.2) is 5.96 Å². The van der Waals surface area contributed by atoms with Gasteiger partial charge in [-0.2, -0.15) is 0 Å². The Morgan fingerprint density at radius 3 is 1.79 bits per heavy atom. The van der Waals surface area contributed by atoms with E-state index < -0.39 is 6.10 Å². The first-order chi connectivity index (χ1) is 6.41. The summed E-state index contributed by atoms with van der Waals surface area (Å²) >= 11 is 0. The standard InChI is InChI=1S/C10H23N3O/c1-7(2)12-10(13-8(3)4)11-6-9(5)14/h7-9,14H,6H2,1-5H3,(H2,11,12,13). The molecule has 0 aliphatic carbocycles. The normalized spacial score (nSPS) is 12.9. The van der Waals surface area contributed by atoms with Crippen LogP contribution in [0.2, 0.25) is 0 Å². The third kappa shape index (κ3) is 7.86. The molecule has 0 spiro atoms. The Bertz CT molecular complexity index is 164. The number of hydrogen-bond donors (Lipinski definition) is 3. The molecule has 0 heterocycles. The lowest BCUT2D eigenvalue weighted by Gasteiger charge is -2.17. The summed E-state index contributed by atoms with van der Waals surface area (Å²) in [6, 6.07) is 0.683. The molecule has 0 aliphatic heterocycles. The van der Waals surface area contributed by atoms with E-state index in [0.29, 0.717) is 18.6 Å². The Hall–Kier alpha value is -0.770. The van der Waals surface area contributed by atoms with Gasteiger partial charge in [0, 0.05) is 12.1 Å². The molecule has 0 fully saturated rings. The fraction of sp³-hybridized carbons (Fsp3) is 0.900. The van der Waals surface area contributed by atoms with Crippen LogP contribution in [0.15, 0.2) is 4.99 Å². The summed E-state index contributed by atoms with van der Waals surface area (Å²) in [7, 11) is 0. The fourth-order valence-electron chi connectivity index (χ4n) is 0.903. The van der Waals surface area contributed by atoms with E-state index in [-0.39, 0.29) is 0 Å². The van der Waals surface area contributed by atoms with E-state index >= 15 is 0 Å². The van der Waals surface area contributed by atoms with Crippen LogP contribution >= 0.6 is 0 Å². The third-order valence-electron chi connectivity index (χ3n) is 1.36.